The molecule has 0 spiro atoms. The molecule has 0 fully saturated rings. The van der Waals surface area contributed by atoms with E-state index in [1.807, 2.05) is 0 Å². The molecule has 3 aromatic rings. The van der Waals surface area contributed by atoms with Crippen LogP contribution < -0.4 is 0 Å². The Hall–Kier alpha value is -4.50. The Morgan fingerprint density at radius 2 is 1.18 bits per heavy atom. The van der Waals surface area contributed by atoms with E-state index in [2.05, 4.69) is 9.97 Å². The fourth-order valence-corrected chi connectivity index (χ4v) is 3.00. The van der Waals surface area contributed by atoms with E-state index in [0.29, 0.717) is 11.1 Å². The Morgan fingerprint density at radius 1 is 0.706 bits per heavy atom. The van der Waals surface area contributed by atoms with Crippen molar-refractivity contribution < 1.29 is 34.8 Å². The van der Waals surface area contributed by atoms with Crippen LogP contribution in [0.25, 0.3) is 12.2 Å². The third-order valence-electron chi connectivity index (χ3n) is 4.51. The maximum absolute atomic E-state index is 12.8. The van der Waals surface area contributed by atoms with Crippen molar-refractivity contribution >= 4 is 41.1 Å². The molecule has 0 unspecified atom stereocenters. The van der Waals surface area contributed by atoms with Gasteiger partial charge in [-0.2, -0.15) is 0 Å². The summed E-state index contributed by atoms with van der Waals surface area (Å²) >= 11 is 6.04. The van der Waals surface area contributed by atoms with Crippen molar-refractivity contribution in [2.45, 2.75) is 6.92 Å². The molecule has 0 aliphatic heterocycles. The quantitative estimate of drug-likeness (QED) is 0.223. The number of rotatable bonds is 7. The molecular formula is C24H17ClN2O7. The van der Waals surface area contributed by atoms with E-state index in [4.69, 9.17) is 11.6 Å². The zero-order valence-electron chi connectivity index (χ0n) is 17.6. The zero-order chi connectivity index (χ0) is 25.0. The maximum Gasteiger partial charge on any atom is 0.207 e. The number of carbonyl (C=O) groups excluding carboxylic acids is 3. The van der Waals surface area contributed by atoms with Crippen molar-refractivity contribution in [1.82, 2.24) is 9.97 Å². The van der Waals surface area contributed by atoms with E-state index in [9.17, 15) is 34.8 Å². The highest BCUT2D eigenvalue weighted by Gasteiger charge is 2.22. The van der Waals surface area contributed by atoms with Crippen molar-refractivity contribution in [2.24, 2.45) is 0 Å². The lowest BCUT2D eigenvalue weighted by atomic mass is 10.1. The molecule has 0 radical (unpaired) electrons. The Labute approximate surface area is 197 Å². The van der Waals surface area contributed by atoms with Crippen molar-refractivity contribution in [2.75, 3.05) is 0 Å². The van der Waals surface area contributed by atoms with Crippen LogP contribution in [0.15, 0.2) is 48.6 Å². The molecule has 0 saturated carbocycles. The number of hydrogen-bond donors (Lipinski definition) is 4. The van der Waals surface area contributed by atoms with E-state index >= 15 is 0 Å². The maximum atomic E-state index is 12.8. The Morgan fingerprint density at radius 3 is 1.62 bits per heavy atom. The SMILES string of the molecule is CC(=O)c1nc(Cl)c(C(=O)/C=C/c2ccc(O)c(O)c2)nc1C(=O)/C=C/c1ccc(O)c(O)c1. The molecule has 0 amide bonds. The summed E-state index contributed by atoms with van der Waals surface area (Å²) in [6, 6.07) is 7.82. The molecular weight excluding hydrogens is 464 g/mol. The van der Waals surface area contributed by atoms with Crippen LogP contribution in [0.4, 0.5) is 0 Å². The molecule has 1 aromatic heterocycles. The topological polar surface area (TPSA) is 158 Å². The first-order valence-electron chi connectivity index (χ1n) is 9.64. The lowest BCUT2D eigenvalue weighted by Gasteiger charge is -2.06. The van der Waals surface area contributed by atoms with Gasteiger partial charge < -0.3 is 20.4 Å². The second-order valence-corrected chi connectivity index (χ2v) is 7.37. The minimum absolute atomic E-state index is 0.322. The second kappa shape index (κ2) is 9.97. The molecule has 34 heavy (non-hydrogen) atoms. The van der Waals surface area contributed by atoms with Crippen molar-refractivity contribution in [1.29, 1.82) is 0 Å². The number of phenols is 4. The van der Waals surface area contributed by atoms with E-state index in [1.54, 1.807) is 0 Å². The van der Waals surface area contributed by atoms with E-state index < -0.39 is 23.0 Å². The van der Waals surface area contributed by atoms with Gasteiger partial charge in [0, 0.05) is 6.92 Å². The van der Waals surface area contributed by atoms with Crippen LogP contribution in [0.5, 0.6) is 23.0 Å². The number of carbonyl (C=O) groups is 3. The number of benzene rings is 2. The Bertz CT molecular complexity index is 1380. The van der Waals surface area contributed by atoms with Gasteiger partial charge in [0.05, 0.1) is 0 Å². The molecule has 4 N–H and O–H groups in total. The summed E-state index contributed by atoms with van der Waals surface area (Å²) in [6.07, 6.45) is 4.80. The van der Waals surface area contributed by atoms with Gasteiger partial charge in [-0.05, 0) is 47.5 Å². The molecule has 0 aliphatic carbocycles. The Kier molecular flexibility index (Phi) is 7.08. The number of allylic oxidation sites excluding steroid dienone is 2. The first-order valence-corrected chi connectivity index (χ1v) is 10.0. The molecule has 10 heteroatoms. The summed E-state index contributed by atoms with van der Waals surface area (Å²) in [6.45, 7) is 1.16. The molecule has 2 aromatic carbocycles. The highest BCUT2D eigenvalue weighted by Crippen LogP contribution is 2.27. The van der Waals surface area contributed by atoms with Gasteiger partial charge in [-0.15, -0.1) is 0 Å². The van der Waals surface area contributed by atoms with Gasteiger partial charge in [0.2, 0.25) is 11.6 Å². The minimum atomic E-state index is -0.747. The molecule has 0 aliphatic rings. The van der Waals surface area contributed by atoms with Crippen LogP contribution in [0.3, 0.4) is 0 Å². The summed E-state index contributed by atoms with van der Waals surface area (Å²) in [4.78, 5) is 45.2. The number of ketones is 3. The summed E-state index contributed by atoms with van der Waals surface area (Å²) in [5.41, 5.74) is -0.312. The van der Waals surface area contributed by atoms with Gasteiger partial charge in [-0.1, -0.05) is 35.9 Å². The minimum Gasteiger partial charge on any atom is -0.504 e. The highest BCUT2D eigenvalue weighted by atomic mass is 35.5. The number of Topliss-reactive ketones (excluding diaryl/α,β-unsaturated/α-hetero) is 1. The van der Waals surface area contributed by atoms with Crippen LogP contribution in [0, 0.1) is 0 Å². The number of nitrogens with zero attached hydrogens (tertiary/aromatic N) is 2. The molecule has 1 heterocycles. The number of aromatic hydroxyl groups is 4. The van der Waals surface area contributed by atoms with Crippen molar-refractivity contribution in [3.05, 3.63) is 81.9 Å². The van der Waals surface area contributed by atoms with Crippen LogP contribution >= 0.6 is 11.6 Å². The molecule has 172 valence electrons. The number of halogens is 1. The van der Waals surface area contributed by atoms with Gasteiger partial charge in [0.15, 0.2) is 33.9 Å². The molecule has 3 rings (SSSR count). The number of phenolic OH excluding ortho intramolecular Hbond substituents is 4. The molecule has 0 atom stereocenters. The second-order valence-electron chi connectivity index (χ2n) is 7.01. The fraction of sp³-hybridized carbons (Fsp3) is 0.0417. The van der Waals surface area contributed by atoms with Crippen LogP contribution in [-0.4, -0.2) is 47.7 Å². The van der Waals surface area contributed by atoms with E-state index in [-0.39, 0.29) is 39.5 Å². The third kappa shape index (κ3) is 5.45. The molecule has 9 nitrogen and oxygen atoms in total. The first-order chi connectivity index (χ1) is 16.1. The van der Waals surface area contributed by atoms with Gasteiger partial charge in [-0.3, -0.25) is 14.4 Å². The van der Waals surface area contributed by atoms with Crippen LogP contribution in [-0.2, 0) is 0 Å². The zero-order valence-corrected chi connectivity index (χ0v) is 18.3. The monoisotopic (exact) mass is 480 g/mol. The van der Waals surface area contributed by atoms with Gasteiger partial charge >= 0.3 is 0 Å². The lowest BCUT2D eigenvalue weighted by Crippen LogP contribution is -2.15. The summed E-state index contributed by atoms with van der Waals surface area (Å²) < 4.78 is 0. The fourth-order valence-electron chi connectivity index (χ4n) is 2.78. The predicted molar refractivity (Wildman–Crippen MR) is 123 cm³/mol. The predicted octanol–water partition coefficient (Wildman–Crippen LogP) is 3.95. The number of hydrogen-bond acceptors (Lipinski definition) is 9. The molecule has 0 bridgehead atoms. The summed E-state index contributed by atoms with van der Waals surface area (Å²) in [5.74, 6) is -3.47. The summed E-state index contributed by atoms with van der Waals surface area (Å²) in [5, 5.41) is 37.5. The van der Waals surface area contributed by atoms with Gasteiger partial charge in [0.1, 0.15) is 17.1 Å². The third-order valence-corrected chi connectivity index (χ3v) is 4.77. The number of aromatic nitrogens is 2. The highest BCUT2D eigenvalue weighted by molar-refractivity contribution is 6.33. The normalized spacial score (nSPS) is 11.2. The smallest absolute Gasteiger partial charge is 0.207 e. The van der Waals surface area contributed by atoms with Gasteiger partial charge in [0.25, 0.3) is 0 Å². The molecule has 0 saturated heterocycles. The first kappa shape index (κ1) is 24.1. The van der Waals surface area contributed by atoms with Crippen LogP contribution in [0.2, 0.25) is 5.15 Å². The van der Waals surface area contributed by atoms with Crippen molar-refractivity contribution in [3.8, 4) is 23.0 Å². The average molecular weight is 481 g/mol. The standard InChI is InChI=1S/C24H17ClN2O7/c1-12(28)21-22(17(31)8-4-13-2-6-15(29)19(33)10-13)26-23(24(25)27-21)18(32)9-5-14-3-7-16(30)20(34)11-14/h2-11,29-30,33-34H,1H3/b8-4+,9-5+. The lowest BCUT2D eigenvalue weighted by molar-refractivity contribution is 0.0982. The largest absolute Gasteiger partial charge is 0.504 e. The van der Waals surface area contributed by atoms with Gasteiger partial charge in [-0.25, -0.2) is 9.97 Å². The van der Waals surface area contributed by atoms with Crippen molar-refractivity contribution in [3.63, 3.8) is 0 Å². The van der Waals surface area contributed by atoms with E-state index in [0.717, 1.165) is 19.1 Å². The Balaban J connectivity index is 1.94. The van der Waals surface area contributed by atoms with E-state index in [1.165, 1.54) is 48.6 Å². The summed E-state index contributed by atoms with van der Waals surface area (Å²) in [7, 11) is 0. The van der Waals surface area contributed by atoms with Crippen LogP contribution in [0.1, 0.15) is 49.5 Å². The average Bonchev–Trinajstić information content (AvgIpc) is 2.79.